The van der Waals surface area contributed by atoms with Crippen molar-refractivity contribution in [2.45, 2.75) is 59.4 Å². The predicted molar refractivity (Wildman–Crippen MR) is 164 cm³/mol. The molecule has 3 amide bonds. The number of urea groups is 1. The number of ether oxygens (including phenoxy) is 2. The minimum absolute atomic E-state index is 0.0200. The van der Waals surface area contributed by atoms with E-state index in [0.717, 1.165) is 29.0 Å². The van der Waals surface area contributed by atoms with E-state index < -0.39 is 0 Å². The predicted octanol–water partition coefficient (Wildman–Crippen LogP) is 7.10. The van der Waals surface area contributed by atoms with E-state index in [0.29, 0.717) is 43.5 Å². The Kier molecular flexibility index (Phi) is 11.9. The van der Waals surface area contributed by atoms with Gasteiger partial charge >= 0.3 is 6.03 Å². The van der Waals surface area contributed by atoms with Crippen molar-refractivity contribution in [2.24, 2.45) is 0 Å². The van der Waals surface area contributed by atoms with Crippen LogP contribution in [0.5, 0.6) is 11.5 Å². The first-order valence-corrected chi connectivity index (χ1v) is 14.8. The van der Waals surface area contributed by atoms with Crippen LogP contribution in [-0.4, -0.2) is 55.6 Å². The first-order chi connectivity index (χ1) is 19.2. The third-order valence-corrected chi connectivity index (χ3v) is 7.82. The van der Waals surface area contributed by atoms with Gasteiger partial charge in [-0.1, -0.05) is 45.4 Å². The molecule has 0 spiro atoms. The summed E-state index contributed by atoms with van der Waals surface area (Å²) in [4.78, 5) is 32.8. The van der Waals surface area contributed by atoms with Crippen molar-refractivity contribution >= 4 is 29.0 Å². The molecule has 0 aliphatic heterocycles. The average Bonchev–Trinajstić information content (AvgIpc) is 3.37. The Labute approximate surface area is 243 Å². The number of nitrogens with zero attached hydrogens (tertiary/aromatic N) is 2. The summed E-state index contributed by atoms with van der Waals surface area (Å²) in [5.74, 6) is 1.67. The van der Waals surface area contributed by atoms with E-state index >= 15 is 0 Å². The zero-order valence-corrected chi connectivity index (χ0v) is 25.5. The number of hydrogen-bond donors (Lipinski definition) is 1. The summed E-state index contributed by atoms with van der Waals surface area (Å²) in [6, 6.07) is 17.6. The molecule has 3 rings (SSSR count). The number of methoxy groups -OCH3 is 2. The zero-order chi connectivity index (χ0) is 29.1. The Morgan fingerprint density at radius 3 is 2.25 bits per heavy atom. The van der Waals surface area contributed by atoms with Crippen molar-refractivity contribution in [3.8, 4) is 11.5 Å². The number of carbonyl (C=O) groups is 2. The first-order valence-electron chi connectivity index (χ1n) is 13.9. The Bertz CT molecular complexity index is 1240. The second-order valence-electron chi connectivity index (χ2n) is 10.2. The smallest absolute Gasteiger partial charge is 0.322 e. The lowest BCUT2D eigenvalue weighted by Crippen LogP contribution is -2.45. The molecule has 0 bridgehead atoms. The van der Waals surface area contributed by atoms with Crippen LogP contribution in [0.2, 0.25) is 0 Å². The summed E-state index contributed by atoms with van der Waals surface area (Å²) >= 11 is 1.69. The Morgan fingerprint density at radius 2 is 1.65 bits per heavy atom. The Hall–Kier alpha value is -3.52. The van der Waals surface area contributed by atoms with E-state index in [2.05, 4.69) is 45.1 Å². The molecule has 1 heterocycles. The number of unbranched alkanes of at least 4 members (excludes halogenated alkanes) is 1. The van der Waals surface area contributed by atoms with Crippen molar-refractivity contribution in [3.63, 3.8) is 0 Å². The van der Waals surface area contributed by atoms with Gasteiger partial charge < -0.3 is 24.6 Å². The van der Waals surface area contributed by atoms with Crippen LogP contribution in [0.25, 0.3) is 0 Å². The molecule has 0 saturated heterocycles. The van der Waals surface area contributed by atoms with Crippen LogP contribution in [0, 0.1) is 6.92 Å². The number of benzene rings is 2. The number of rotatable bonds is 14. The van der Waals surface area contributed by atoms with Crippen LogP contribution in [0.3, 0.4) is 0 Å². The molecule has 0 aliphatic carbocycles. The number of thiophene rings is 1. The van der Waals surface area contributed by atoms with Gasteiger partial charge in [-0.3, -0.25) is 4.79 Å². The molecule has 0 unspecified atom stereocenters. The molecule has 2 aromatic carbocycles. The maximum absolute atomic E-state index is 13.7. The number of carbonyl (C=O) groups excluding carboxylic acids is 2. The van der Waals surface area contributed by atoms with E-state index in [1.54, 1.807) is 30.5 Å². The van der Waals surface area contributed by atoms with E-state index in [1.165, 1.54) is 10.4 Å². The van der Waals surface area contributed by atoms with Gasteiger partial charge in [-0.15, -0.1) is 11.3 Å². The van der Waals surface area contributed by atoms with Crippen molar-refractivity contribution < 1.29 is 19.1 Å². The number of hydrogen-bond acceptors (Lipinski definition) is 5. The van der Waals surface area contributed by atoms with E-state index in [4.69, 9.17) is 9.47 Å². The maximum Gasteiger partial charge on any atom is 0.322 e. The molecular weight excluding hydrogens is 522 g/mol. The van der Waals surface area contributed by atoms with Crippen molar-refractivity contribution in [2.75, 3.05) is 39.2 Å². The highest BCUT2D eigenvalue weighted by Gasteiger charge is 2.22. The Balaban J connectivity index is 1.74. The fourth-order valence-corrected chi connectivity index (χ4v) is 5.28. The van der Waals surface area contributed by atoms with E-state index in [-0.39, 0.29) is 18.5 Å². The minimum atomic E-state index is -0.258. The van der Waals surface area contributed by atoms with Gasteiger partial charge in [0.25, 0.3) is 0 Å². The monoisotopic (exact) mass is 565 g/mol. The second-order valence-corrected chi connectivity index (χ2v) is 11.6. The number of amides is 3. The van der Waals surface area contributed by atoms with Gasteiger partial charge in [0.2, 0.25) is 5.91 Å². The van der Waals surface area contributed by atoms with Crippen molar-refractivity contribution in [1.29, 1.82) is 0 Å². The summed E-state index contributed by atoms with van der Waals surface area (Å²) in [5, 5.41) is 2.99. The van der Waals surface area contributed by atoms with Gasteiger partial charge in [-0.05, 0) is 73.2 Å². The van der Waals surface area contributed by atoms with Crippen LogP contribution in [0.15, 0.2) is 54.6 Å². The standard InChI is InChI=1S/C32H43N3O4S/c1-7-8-18-35(32(37)33-27-13-11-26(12-14-27)23(2)3)22-31(36)34(21-28-15-9-24(4)40-28)19-17-25-10-16-29(38-5)30(20-25)39-6/h9-16,20,23H,7-8,17-19,21-22H2,1-6H3,(H,33,37). The van der Waals surface area contributed by atoms with Crippen LogP contribution in [0.1, 0.15) is 60.4 Å². The SMILES string of the molecule is CCCCN(CC(=O)N(CCc1ccc(OC)c(OC)c1)Cc1ccc(C)s1)C(=O)Nc1ccc(C(C)C)cc1. The molecule has 3 aromatic rings. The Morgan fingerprint density at radius 1 is 0.925 bits per heavy atom. The highest BCUT2D eigenvalue weighted by atomic mass is 32.1. The largest absolute Gasteiger partial charge is 0.493 e. The molecule has 40 heavy (non-hydrogen) atoms. The lowest BCUT2D eigenvalue weighted by atomic mass is 10.0. The quantitative estimate of drug-likeness (QED) is 0.226. The van der Waals surface area contributed by atoms with Crippen LogP contribution >= 0.6 is 11.3 Å². The summed E-state index contributed by atoms with van der Waals surface area (Å²) in [7, 11) is 3.23. The van der Waals surface area contributed by atoms with Gasteiger partial charge in [0.15, 0.2) is 11.5 Å². The van der Waals surface area contributed by atoms with Gasteiger partial charge in [-0.25, -0.2) is 4.79 Å². The third-order valence-electron chi connectivity index (χ3n) is 6.84. The number of aryl methyl sites for hydroxylation is 1. The van der Waals surface area contributed by atoms with E-state index in [1.807, 2.05) is 47.4 Å². The molecule has 0 saturated carbocycles. The van der Waals surface area contributed by atoms with E-state index in [9.17, 15) is 9.59 Å². The van der Waals surface area contributed by atoms with Crippen LogP contribution in [0.4, 0.5) is 10.5 Å². The summed E-state index contributed by atoms with van der Waals surface area (Å²) in [6.07, 6.45) is 2.40. The lowest BCUT2D eigenvalue weighted by Gasteiger charge is -2.28. The fraction of sp³-hybridized carbons (Fsp3) is 0.438. The molecule has 8 heteroatoms. The van der Waals surface area contributed by atoms with Crippen molar-refractivity contribution in [1.82, 2.24) is 9.80 Å². The summed E-state index contributed by atoms with van der Waals surface area (Å²) in [6.45, 7) is 9.98. The summed E-state index contributed by atoms with van der Waals surface area (Å²) < 4.78 is 10.8. The maximum atomic E-state index is 13.7. The third kappa shape index (κ3) is 9.01. The summed E-state index contributed by atoms with van der Waals surface area (Å²) in [5.41, 5.74) is 2.98. The number of nitrogens with one attached hydrogen (secondary N) is 1. The number of anilines is 1. The van der Waals surface area contributed by atoms with Gasteiger partial charge in [0.05, 0.1) is 20.8 Å². The molecule has 0 aliphatic rings. The van der Waals surface area contributed by atoms with Crippen LogP contribution < -0.4 is 14.8 Å². The fourth-order valence-electron chi connectivity index (χ4n) is 4.37. The molecule has 1 N–H and O–H groups in total. The highest BCUT2D eigenvalue weighted by molar-refractivity contribution is 7.11. The van der Waals surface area contributed by atoms with Crippen LogP contribution in [-0.2, 0) is 17.8 Å². The molecule has 0 fully saturated rings. The normalized spacial score (nSPS) is 10.9. The minimum Gasteiger partial charge on any atom is -0.493 e. The first kappa shape index (κ1) is 31.0. The molecule has 216 valence electrons. The lowest BCUT2D eigenvalue weighted by molar-refractivity contribution is -0.132. The molecule has 0 radical (unpaired) electrons. The second kappa shape index (κ2) is 15.3. The average molecular weight is 566 g/mol. The van der Waals surface area contributed by atoms with Gasteiger partial charge in [-0.2, -0.15) is 0 Å². The zero-order valence-electron chi connectivity index (χ0n) is 24.7. The van der Waals surface area contributed by atoms with Gasteiger partial charge in [0.1, 0.15) is 6.54 Å². The molecule has 0 atom stereocenters. The molecular formula is C32H43N3O4S. The van der Waals surface area contributed by atoms with Gasteiger partial charge in [0, 0.05) is 28.5 Å². The molecule has 7 nitrogen and oxygen atoms in total. The highest BCUT2D eigenvalue weighted by Crippen LogP contribution is 2.28. The topological polar surface area (TPSA) is 71.1 Å². The van der Waals surface area contributed by atoms with Crippen molar-refractivity contribution in [3.05, 3.63) is 75.5 Å². The molecule has 1 aromatic heterocycles.